The third kappa shape index (κ3) is 11.4. The van der Waals surface area contributed by atoms with Gasteiger partial charge in [0.1, 0.15) is 12.9 Å². The lowest BCUT2D eigenvalue weighted by Crippen LogP contribution is -2.47. The Labute approximate surface area is 174 Å². The van der Waals surface area contributed by atoms with E-state index in [4.69, 9.17) is 14.2 Å². The number of carbonyl (C=O) groups excluding carboxylic acids is 1. The Bertz CT molecular complexity index is 372. The van der Waals surface area contributed by atoms with Crippen LogP contribution in [-0.2, 0) is 19.0 Å². The van der Waals surface area contributed by atoms with Crippen LogP contribution in [0.5, 0.6) is 0 Å². The molecule has 0 aromatic rings. The van der Waals surface area contributed by atoms with Gasteiger partial charge in [-0.15, -0.1) is 0 Å². The van der Waals surface area contributed by atoms with Crippen LogP contribution in [0, 0.1) is 5.92 Å². The van der Waals surface area contributed by atoms with Gasteiger partial charge in [0.05, 0.1) is 12.0 Å². The molecule has 0 radical (unpaired) electrons. The quantitative estimate of drug-likeness (QED) is 0.128. The molecule has 0 aromatic carbocycles. The molecule has 0 amide bonds. The maximum atomic E-state index is 11.8. The zero-order valence-electron chi connectivity index (χ0n) is 18.9. The molecule has 0 aliphatic carbocycles. The second-order valence-corrected chi connectivity index (χ2v) is 8.48. The van der Waals surface area contributed by atoms with E-state index in [-0.39, 0.29) is 24.1 Å². The van der Waals surface area contributed by atoms with Crippen LogP contribution < -0.4 is 0 Å². The van der Waals surface area contributed by atoms with E-state index in [2.05, 4.69) is 13.8 Å². The van der Waals surface area contributed by atoms with Gasteiger partial charge in [-0.1, -0.05) is 97.3 Å². The molecule has 1 aliphatic rings. The minimum atomic E-state index is -0.00457. The van der Waals surface area contributed by atoms with Crippen molar-refractivity contribution in [1.29, 1.82) is 0 Å². The monoisotopic (exact) mass is 398 g/mol. The smallest absolute Gasteiger partial charge is 0.313 e. The summed E-state index contributed by atoms with van der Waals surface area (Å²) >= 11 is 0. The summed E-state index contributed by atoms with van der Waals surface area (Å²) in [5.41, 5.74) is 0. The molecular formula is C24H46O4. The summed E-state index contributed by atoms with van der Waals surface area (Å²) in [6.07, 6.45) is 19.8. The van der Waals surface area contributed by atoms with Crippen molar-refractivity contribution in [2.24, 2.45) is 5.92 Å². The molecule has 0 spiro atoms. The van der Waals surface area contributed by atoms with E-state index in [0.717, 1.165) is 25.7 Å². The first kappa shape index (κ1) is 25.4. The first-order valence-electron chi connectivity index (χ1n) is 12.0. The minimum absolute atomic E-state index is 0.00457. The SMILES string of the molecule is CCCCCCCCCCC[C@@H](C[C@H]1OC(=O)[C@@H]1CCCCCC)OCOC. The van der Waals surface area contributed by atoms with Gasteiger partial charge in [-0.2, -0.15) is 0 Å². The first-order valence-corrected chi connectivity index (χ1v) is 12.0. The molecule has 0 saturated carbocycles. The van der Waals surface area contributed by atoms with Crippen LogP contribution in [0.25, 0.3) is 0 Å². The fourth-order valence-corrected chi connectivity index (χ4v) is 4.08. The Hall–Kier alpha value is -0.610. The van der Waals surface area contributed by atoms with Crippen LogP contribution in [-0.4, -0.2) is 32.1 Å². The fraction of sp³-hybridized carbons (Fsp3) is 0.958. The number of hydrogen-bond donors (Lipinski definition) is 0. The largest absolute Gasteiger partial charge is 0.461 e. The van der Waals surface area contributed by atoms with E-state index in [1.165, 1.54) is 77.0 Å². The Balaban J connectivity index is 2.19. The van der Waals surface area contributed by atoms with Gasteiger partial charge in [0.2, 0.25) is 0 Å². The summed E-state index contributed by atoms with van der Waals surface area (Å²) in [4.78, 5) is 11.8. The minimum Gasteiger partial charge on any atom is -0.461 e. The van der Waals surface area contributed by atoms with Gasteiger partial charge < -0.3 is 14.2 Å². The predicted molar refractivity (Wildman–Crippen MR) is 115 cm³/mol. The Morgan fingerprint density at radius 2 is 1.43 bits per heavy atom. The topological polar surface area (TPSA) is 44.8 Å². The number of esters is 1. The molecule has 1 aliphatic heterocycles. The van der Waals surface area contributed by atoms with Gasteiger partial charge in [0.25, 0.3) is 0 Å². The van der Waals surface area contributed by atoms with Gasteiger partial charge >= 0.3 is 5.97 Å². The molecule has 4 nitrogen and oxygen atoms in total. The Kier molecular flexibility index (Phi) is 15.7. The highest BCUT2D eigenvalue weighted by Crippen LogP contribution is 2.32. The van der Waals surface area contributed by atoms with Crippen molar-refractivity contribution in [3.05, 3.63) is 0 Å². The van der Waals surface area contributed by atoms with Crippen LogP contribution >= 0.6 is 0 Å². The van der Waals surface area contributed by atoms with Gasteiger partial charge in [-0.3, -0.25) is 4.79 Å². The van der Waals surface area contributed by atoms with Crippen molar-refractivity contribution in [3.8, 4) is 0 Å². The van der Waals surface area contributed by atoms with E-state index in [9.17, 15) is 4.79 Å². The number of rotatable bonds is 20. The van der Waals surface area contributed by atoms with Crippen molar-refractivity contribution in [1.82, 2.24) is 0 Å². The van der Waals surface area contributed by atoms with E-state index >= 15 is 0 Å². The Morgan fingerprint density at radius 3 is 2.00 bits per heavy atom. The summed E-state index contributed by atoms with van der Waals surface area (Å²) < 4.78 is 16.4. The molecule has 0 bridgehead atoms. The van der Waals surface area contributed by atoms with Gasteiger partial charge in [0, 0.05) is 13.5 Å². The molecule has 3 atom stereocenters. The average Bonchev–Trinajstić information content (AvgIpc) is 2.69. The maximum absolute atomic E-state index is 11.8. The van der Waals surface area contributed by atoms with Crippen LogP contribution in [0.15, 0.2) is 0 Å². The highest BCUT2D eigenvalue weighted by Gasteiger charge is 2.42. The fourth-order valence-electron chi connectivity index (χ4n) is 4.08. The standard InChI is InChI=1S/C24H46O4/c1-4-6-8-10-11-12-13-14-15-17-21(27-20-26-3)19-23-22(24(25)28-23)18-16-9-7-5-2/h21-23H,4-20H2,1-3H3/t21-,22+,23+/m0/s1. The summed E-state index contributed by atoms with van der Waals surface area (Å²) in [5, 5.41) is 0. The maximum Gasteiger partial charge on any atom is 0.313 e. The molecule has 0 unspecified atom stereocenters. The van der Waals surface area contributed by atoms with Gasteiger partial charge in [-0.25, -0.2) is 0 Å². The number of carbonyl (C=O) groups is 1. The number of unbranched alkanes of at least 4 members (excludes halogenated alkanes) is 11. The second kappa shape index (κ2) is 17.3. The Morgan fingerprint density at radius 1 is 0.857 bits per heavy atom. The third-order valence-electron chi connectivity index (χ3n) is 5.93. The lowest BCUT2D eigenvalue weighted by Gasteiger charge is -2.37. The molecular weight excluding hydrogens is 352 g/mol. The van der Waals surface area contributed by atoms with Crippen molar-refractivity contribution in [3.63, 3.8) is 0 Å². The highest BCUT2D eigenvalue weighted by atomic mass is 16.7. The van der Waals surface area contributed by atoms with Crippen molar-refractivity contribution >= 4 is 5.97 Å². The first-order chi connectivity index (χ1) is 13.7. The molecule has 1 rings (SSSR count). The highest BCUT2D eigenvalue weighted by molar-refractivity contribution is 5.78. The number of cyclic esters (lactones) is 1. The molecule has 0 N–H and O–H groups in total. The van der Waals surface area contributed by atoms with Crippen LogP contribution in [0.3, 0.4) is 0 Å². The van der Waals surface area contributed by atoms with Crippen LogP contribution in [0.4, 0.5) is 0 Å². The van der Waals surface area contributed by atoms with Crippen molar-refractivity contribution in [2.75, 3.05) is 13.9 Å². The number of methoxy groups -OCH3 is 1. The molecule has 4 heteroatoms. The summed E-state index contributed by atoms with van der Waals surface area (Å²) in [6.45, 7) is 4.80. The lowest BCUT2D eigenvalue weighted by atomic mass is 9.86. The molecule has 1 saturated heterocycles. The molecule has 0 aromatic heterocycles. The van der Waals surface area contributed by atoms with Crippen molar-refractivity contribution in [2.45, 2.75) is 129 Å². The van der Waals surface area contributed by atoms with Crippen LogP contribution in [0.1, 0.15) is 117 Å². The number of ether oxygens (including phenoxy) is 3. The van der Waals surface area contributed by atoms with Crippen molar-refractivity contribution < 1.29 is 19.0 Å². The average molecular weight is 399 g/mol. The van der Waals surface area contributed by atoms with Gasteiger partial charge in [0.15, 0.2) is 0 Å². The molecule has 1 heterocycles. The molecule has 166 valence electrons. The van der Waals surface area contributed by atoms with Crippen LogP contribution in [0.2, 0.25) is 0 Å². The van der Waals surface area contributed by atoms with E-state index in [0.29, 0.717) is 6.79 Å². The molecule has 1 fully saturated rings. The summed E-state index contributed by atoms with van der Waals surface area (Å²) in [5.74, 6) is 0.0867. The zero-order chi connectivity index (χ0) is 20.5. The lowest BCUT2D eigenvalue weighted by molar-refractivity contribution is -0.191. The molecule has 28 heavy (non-hydrogen) atoms. The third-order valence-corrected chi connectivity index (χ3v) is 5.93. The van der Waals surface area contributed by atoms with E-state index < -0.39 is 0 Å². The second-order valence-electron chi connectivity index (χ2n) is 8.48. The number of hydrogen-bond acceptors (Lipinski definition) is 4. The predicted octanol–water partition coefficient (Wildman–Crippen LogP) is 6.80. The van der Waals surface area contributed by atoms with E-state index in [1.807, 2.05) is 0 Å². The summed E-state index contributed by atoms with van der Waals surface area (Å²) in [7, 11) is 1.66. The normalized spacial score (nSPS) is 20.0. The van der Waals surface area contributed by atoms with E-state index in [1.54, 1.807) is 7.11 Å². The zero-order valence-corrected chi connectivity index (χ0v) is 18.9. The van der Waals surface area contributed by atoms with Gasteiger partial charge in [-0.05, 0) is 12.8 Å². The summed E-state index contributed by atoms with van der Waals surface area (Å²) in [6, 6.07) is 0.